The van der Waals surface area contributed by atoms with E-state index in [9.17, 15) is 0 Å². The molecule has 0 aliphatic carbocycles. The minimum atomic E-state index is 0.505. The van der Waals surface area contributed by atoms with E-state index >= 15 is 0 Å². The van der Waals surface area contributed by atoms with E-state index < -0.39 is 0 Å². The van der Waals surface area contributed by atoms with E-state index in [1.165, 1.54) is 11.9 Å². The minimum absolute atomic E-state index is 0.505. The summed E-state index contributed by atoms with van der Waals surface area (Å²) in [5, 5.41) is 3.34. The Morgan fingerprint density at radius 1 is 1.16 bits per heavy atom. The first-order chi connectivity index (χ1) is 9.08. The Balaban J connectivity index is 2.40. The fraction of sp³-hybridized carbons (Fsp3) is 0.333. The van der Waals surface area contributed by atoms with Gasteiger partial charge in [0.05, 0.1) is 5.56 Å². The molecule has 0 bridgehead atoms. The van der Waals surface area contributed by atoms with Crippen LogP contribution in [0.5, 0.6) is 0 Å². The quantitative estimate of drug-likeness (QED) is 0.882. The lowest BCUT2D eigenvalue weighted by molar-refractivity contribution is 0.687. The molecular weight excluding hydrogens is 236 g/mol. The first kappa shape index (κ1) is 13.3. The van der Waals surface area contributed by atoms with Crippen molar-refractivity contribution >= 4 is 11.6 Å². The molecular formula is C15H20N4. The third kappa shape index (κ3) is 3.22. The summed E-state index contributed by atoms with van der Waals surface area (Å²) in [7, 11) is 0. The van der Waals surface area contributed by atoms with Crippen LogP contribution in [0.2, 0.25) is 0 Å². The third-order valence-corrected chi connectivity index (χ3v) is 2.89. The van der Waals surface area contributed by atoms with Crippen molar-refractivity contribution in [2.75, 3.05) is 17.6 Å². The number of aromatic nitrogens is 2. The summed E-state index contributed by atoms with van der Waals surface area (Å²) < 4.78 is 0. The number of hydrogen-bond donors (Lipinski definition) is 2. The average molecular weight is 256 g/mol. The van der Waals surface area contributed by atoms with Gasteiger partial charge in [-0.15, -0.1) is 0 Å². The molecule has 1 heterocycles. The molecule has 0 atom stereocenters. The molecule has 3 N–H and O–H groups in total. The van der Waals surface area contributed by atoms with E-state index in [4.69, 9.17) is 5.73 Å². The van der Waals surface area contributed by atoms with E-state index in [2.05, 4.69) is 48.2 Å². The van der Waals surface area contributed by atoms with E-state index in [0.717, 1.165) is 23.5 Å². The molecule has 0 unspecified atom stereocenters. The van der Waals surface area contributed by atoms with Crippen molar-refractivity contribution in [1.29, 1.82) is 0 Å². The first-order valence-electron chi connectivity index (χ1n) is 6.49. The van der Waals surface area contributed by atoms with Gasteiger partial charge in [-0.25, -0.2) is 9.97 Å². The van der Waals surface area contributed by atoms with Crippen LogP contribution in [0.15, 0.2) is 30.6 Å². The van der Waals surface area contributed by atoms with E-state index in [1.54, 1.807) is 0 Å². The van der Waals surface area contributed by atoms with Gasteiger partial charge in [0.25, 0.3) is 0 Å². The number of nitrogen functional groups attached to an aromatic ring is 1. The van der Waals surface area contributed by atoms with Crippen LogP contribution in [0, 0.1) is 12.8 Å². The molecule has 4 nitrogen and oxygen atoms in total. The van der Waals surface area contributed by atoms with Crippen LogP contribution in [-0.2, 0) is 0 Å². The number of nitrogens with two attached hydrogens (primary N) is 1. The van der Waals surface area contributed by atoms with Gasteiger partial charge in [-0.2, -0.15) is 0 Å². The van der Waals surface area contributed by atoms with Gasteiger partial charge in [-0.1, -0.05) is 43.7 Å². The number of aryl methyl sites for hydroxylation is 1. The summed E-state index contributed by atoms with van der Waals surface area (Å²) in [6.07, 6.45) is 1.50. The molecule has 0 aliphatic heterocycles. The largest absolute Gasteiger partial charge is 0.383 e. The second kappa shape index (κ2) is 5.69. The van der Waals surface area contributed by atoms with E-state index in [-0.39, 0.29) is 0 Å². The highest BCUT2D eigenvalue weighted by molar-refractivity contribution is 5.83. The monoisotopic (exact) mass is 256 g/mol. The van der Waals surface area contributed by atoms with Gasteiger partial charge in [0.15, 0.2) is 0 Å². The Morgan fingerprint density at radius 3 is 2.47 bits per heavy atom. The lowest BCUT2D eigenvalue weighted by Gasteiger charge is -2.14. The summed E-state index contributed by atoms with van der Waals surface area (Å²) in [5.41, 5.74) is 9.14. The maximum absolute atomic E-state index is 6.01. The molecule has 0 saturated carbocycles. The minimum Gasteiger partial charge on any atom is -0.383 e. The SMILES string of the molecule is Cc1ccc(-c2c(N)ncnc2NCC(C)C)cc1. The molecule has 0 aliphatic rings. The predicted octanol–water partition coefficient (Wildman–Crippen LogP) is 3.10. The summed E-state index contributed by atoms with van der Waals surface area (Å²) in [4.78, 5) is 8.40. The van der Waals surface area contributed by atoms with Gasteiger partial charge >= 0.3 is 0 Å². The highest BCUT2D eigenvalue weighted by Crippen LogP contribution is 2.30. The fourth-order valence-corrected chi connectivity index (χ4v) is 1.84. The van der Waals surface area contributed by atoms with Gasteiger partial charge < -0.3 is 11.1 Å². The summed E-state index contributed by atoms with van der Waals surface area (Å²) in [5.74, 6) is 1.84. The van der Waals surface area contributed by atoms with E-state index in [0.29, 0.717) is 11.7 Å². The number of benzene rings is 1. The first-order valence-corrected chi connectivity index (χ1v) is 6.49. The molecule has 0 radical (unpaired) electrons. The number of nitrogens with zero attached hydrogens (tertiary/aromatic N) is 2. The van der Waals surface area contributed by atoms with Crippen LogP contribution in [0.4, 0.5) is 11.6 Å². The number of nitrogens with one attached hydrogen (secondary N) is 1. The lowest BCUT2D eigenvalue weighted by Crippen LogP contribution is -2.11. The second-order valence-corrected chi connectivity index (χ2v) is 5.12. The van der Waals surface area contributed by atoms with Gasteiger partial charge in [0.2, 0.25) is 0 Å². The molecule has 100 valence electrons. The van der Waals surface area contributed by atoms with Crippen molar-refractivity contribution in [3.63, 3.8) is 0 Å². The van der Waals surface area contributed by atoms with Gasteiger partial charge in [-0.3, -0.25) is 0 Å². The standard InChI is InChI=1S/C15H20N4/c1-10(2)8-17-15-13(14(16)18-9-19-15)12-6-4-11(3)5-7-12/h4-7,9-10H,8H2,1-3H3,(H3,16,17,18,19). The van der Waals surface area contributed by atoms with Crippen LogP contribution in [0.1, 0.15) is 19.4 Å². The average Bonchev–Trinajstić information content (AvgIpc) is 2.38. The highest BCUT2D eigenvalue weighted by atomic mass is 15.0. The van der Waals surface area contributed by atoms with Crippen LogP contribution >= 0.6 is 0 Å². The summed E-state index contributed by atoms with van der Waals surface area (Å²) >= 11 is 0. The Kier molecular flexibility index (Phi) is 4.00. The molecule has 2 aromatic rings. The van der Waals surface area contributed by atoms with E-state index in [1.807, 2.05) is 12.1 Å². The van der Waals surface area contributed by atoms with Crippen molar-refractivity contribution < 1.29 is 0 Å². The maximum atomic E-state index is 6.01. The Labute approximate surface area is 114 Å². The lowest BCUT2D eigenvalue weighted by atomic mass is 10.0. The molecule has 19 heavy (non-hydrogen) atoms. The van der Waals surface area contributed by atoms with Crippen molar-refractivity contribution in [1.82, 2.24) is 9.97 Å². The van der Waals surface area contributed by atoms with Crippen molar-refractivity contribution in [2.45, 2.75) is 20.8 Å². The summed E-state index contributed by atoms with van der Waals surface area (Å²) in [6.45, 7) is 7.23. The van der Waals surface area contributed by atoms with Crippen molar-refractivity contribution in [3.05, 3.63) is 36.2 Å². The van der Waals surface area contributed by atoms with Crippen LogP contribution in [-0.4, -0.2) is 16.5 Å². The molecule has 2 rings (SSSR count). The van der Waals surface area contributed by atoms with Crippen LogP contribution in [0.25, 0.3) is 11.1 Å². The fourth-order valence-electron chi connectivity index (χ4n) is 1.84. The van der Waals surface area contributed by atoms with Crippen molar-refractivity contribution in [2.24, 2.45) is 5.92 Å². The third-order valence-electron chi connectivity index (χ3n) is 2.89. The smallest absolute Gasteiger partial charge is 0.139 e. The molecule has 0 spiro atoms. The second-order valence-electron chi connectivity index (χ2n) is 5.12. The molecule has 1 aromatic carbocycles. The maximum Gasteiger partial charge on any atom is 0.139 e. The number of hydrogen-bond acceptors (Lipinski definition) is 4. The molecule has 1 aromatic heterocycles. The highest BCUT2D eigenvalue weighted by Gasteiger charge is 2.11. The Bertz CT molecular complexity index is 547. The summed E-state index contributed by atoms with van der Waals surface area (Å²) in [6, 6.07) is 8.22. The topological polar surface area (TPSA) is 63.8 Å². The zero-order valence-electron chi connectivity index (χ0n) is 11.6. The van der Waals surface area contributed by atoms with Gasteiger partial charge in [0, 0.05) is 6.54 Å². The van der Waals surface area contributed by atoms with Crippen molar-refractivity contribution in [3.8, 4) is 11.1 Å². The van der Waals surface area contributed by atoms with Gasteiger partial charge in [-0.05, 0) is 18.4 Å². The predicted molar refractivity (Wildman–Crippen MR) is 79.9 cm³/mol. The van der Waals surface area contributed by atoms with Gasteiger partial charge in [0.1, 0.15) is 18.0 Å². The van der Waals surface area contributed by atoms with Crippen LogP contribution in [0.3, 0.4) is 0 Å². The van der Waals surface area contributed by atoms with Crippen LogP contribution < -0.4 is 11.1 Å². The molecule has 0 amide bonds. The molecule has 4 heteroatoms. The zero-order valence-corrected chi connectivity index (χ0v) is 11.6. The Morgan fingerprint density at radius 2 is 1.84 bits per heavy atom. The zero-order chi connectivity index (χ0) is 13.8. The molecule has 0 fully saturated rings. The number of rotatable bonds is 4. The number of anilines is 2. The normalized spacial score (nSPS) is 10.7. The Hall–Kier alpha value is -2.10. The molecule has 0 saturated heterocycles.